The fraction of sp³-hybridized carbons (Fsp3) is 0.206. The minimum atomic E-state index is -1.07. The quantitative estimate of drug-likeness (QED) is 0.203. The average molecular weight is 610 g/mol. The van der Waals surface area contributed by atoms with Gasteiger partial charge in [-0.05, 0) is 60.5 Å². The van der Waals surface area contributed by atoms with Gasteiger partial charge in [0.1, 0.15) is 5.75 Å². The third-order valence-corrected chi connectivity index (χ3v) is 7.31. The van der Waals surface area contributed by atoms with Gasteiger partial charge in [-0.25, -0.2) is 4.79 Å². The molecule has 1 unspecified atom stereocenters. The first-order chi connectivity index (χ1) is 21.6. The number of carbonyl (C=O) groups excluding carboxylic acids is 3. The van der Waals surface area contributed by atoms with Crippen LogP contribution in [0.25, 0.3) is 0 Å². The molecule has 4 aromatic rings. The van der Waals surface area contributed by atoms with Gasteiger partial charge in [-0.1, -0.05) is 42.5 Å². The Hall–Kier alpha value is -5.71. The standard InChI is InChI=1S/C34H35N5O6/c1-22-10-8-9-13-26(22)36-34(44)37-28-16-14-23(18-30(28)45-4)19-31(40)38(2)25-15-17-27(35-21-25)29(20-32(41)42)39(3)33(43)24-11-6-5-7-12-24/h5-18,21,29H,19-20H2,1-4H3,(H,41,42)(H2,36,37,44). The van der Waals surface area contributed by atoms with Crippen LogP contribution in [0, 0.1) is 6.92 Å². The first-order valence-electron chi connectivity index (χ1n) is 14.1. The summed E-state index contributed by atoms with van der Waals surface area (Å²) in [6.45, 7) is 1.90. The number of pyridine rings is 1. The summed E-state index contributed by atoms with van der Waals surface area (Å²) in [5.41, 5.74) is 4.03. The zero-order chi connectivity index (χ0) is 32.5. The zero-order valence-electron chi connectivity index (χ0n) is 25.5. The van der Waals surface area contributed by atoms with Gasteiger partial charge in [-0.15, -0.1) is 0 Å². The van der Waals surface area contributed by atoms with Crippen molar-refractivity contribution in [2.75, 3.05) is 36.7 Å². The van der Waals surface area contributed by atoms with Gasteiger partial charge in [0.15, 0.2) is 0 Å². The number of amides is 4. The van der Waals surface area contributed by atoms with Gasteiger partial charge in [-0.3, -0.25) is 19.4 Å². The van der Waals surface area contributed by atoms with Crippen LogP contribution in [-0.4, -0.2) is 60.0 Å². The molecule has 1 atom stereocenters. The molecule has 0 bridgehead atoms. The summed E-state index contributed by atoms with van der Waals surface area (Å²) < 4.78 is 5.47. The van der Waals surface area contributed by atoms with Crippen LogP contribution in [-0.2, 0) is 16.0 Å². The summed E-state index contributed by atoms with van der Waals surface area (Å²) >= 11 is 0. The van der Waals surface area contributed by atoms with E-state index in [1.807, 2.05) is 25.1 Å². The number of carboxylic acids is 1. The van der Waals surface area contributed by atoms with Gasteiger partial charge < -0.3 is 30.3 Å². The van der Waals surface area contributed by atoms with Crippen LogP contribution in [0.5, 0.6) is 5.75 Å². The third kappa shape index (κ3) is 8.23. The fourth-order valence-electron chi connectivity index (χ4n) is 4.70. The highest BCUT2D eigenvalue weighted by molar-refractivity contribution is 6.01. The van der Waals surface area contributed by atoms with Gasteiger partial charge in [0.05, 0.1) is 49.3 Å². The van der Waals surface area contributed by atoms with Crippen molar-refractivity contribution in [1.29, 1.82) is 0 Å². The van der Waals surface area contributed by atoms with E-state index in [0.717, 1.165) is 5.56 Å². The second-order valence-electron chi connectivity index (χ2n) is 10.4. The second-order valence-corrected chi connectivity index (χ2v) is 10.4. The smallest absolute Gasteiger partial charge is 0.323 e. The first-order valence-corrected chi connectivity index (χ1v) is 14.1. The Morgan fingerprint density at radius 3 is 2.22 bits per heavy atom. The highest BCUT2D eigenvalue weighted by atomic mass is 16.5. The van der Waals surface area contributed by atoms with Gasteiger partial charge >= 0.3 is 12.0 Å². The molecular weight excluding hydrogens is 574 g/mol. The molecule has 232 valence electrons. The van der Waals surface area contributed by atoms with Gasteiger partial charge in [0, 0.05) is 25.3 Å². The van der Waals surface area contributed by atoms with Gasteiger partial charge in [-0.2, -0.15) is 0 Å². The number of urea groups is 1. The maximum atomic E-state index is 13.2. The molecule has 1 aromatic heterocycles. The molecule has 0 saturated heterocycles. The monoisotopic (exact) mass is 609 g/mol. The summed E-state index contributed by atoms with van der Waals surface area (Å²) in [7, 11) is 4.63. The van der Waals surface area contributed by atoms with Crippen LogP contribution < -0.4 is 20.3 Å². The predicted molar refractivity (Wildman–Crippen MR) is 172 cm³/mol. The Morgan fingerprint density at radius 1 is 0.889 bits per heavy atom. The molecule has 45 heavy (non-hydrogen) atoms. The molecule has 0 aliphatic carbocycles. The summed E-state index contributed by atoms with van der Waals surface area (Å²) in [6, 6.07) is 23.1. The lowest BCUT2D eigenvalue weighted by atomic mass is 10.1. The topological polar surface area (TPSA) is 141 Å². The van der Waals surface area contributed by atoms with Crippen LogP contribution in [0.4, 0.5) is 21.9 Å². The Labute approximate surface area is 261 Å². The van der Waals surface area contributed by atoms with E-state index in [9.17, 15) is 24.3 Å². The minimum absolute atomic E-state index is 0.0419. The number of aryl methyl sites for hydroxylation is 1. The molecule has 0 radical (unpaired) electrons. The molecule has 0 aliphatic heterocycles. The van der Waals surface area contributed by atoms with Crippen LogP contribution in [0.3, 0.4) is 0 Å². The van der Waals surface area contributed by atoms with Crippen LogP contribution in [0.1, 0.15) is 39.6 Å². The number of nitrogens with zero attached hydrogens (tertiary/aromatic N) is 3. The number of benzene rings is 3. The number of aromatic nitrogens is 1. The molecule has 3 N–H and O–H groups in total. The van der Waals surface area contributed by atoms with Crippen molar-refractivity contribution >= 4 is 40.9 Å². The van der Waals surface area contributed by atoms with Crippen LogP contribution in [0.15, 0.2) is 91.1 Å². The highest BCUT2D eigenvalue weighted by Gasteiger charge is 2.26. The SMILES string of the molecule is COc1cc(CC(=O)N(C)c2ccc(C(CC(=O)O)N(C)C(=O)c3ccccc3)nc2)ccc1NC(=O)Nc1ccccc1C. The summed E-state index contributed by atoms with van der Waals surface area (Å²) in [4.78, 5) is 57.6. The lowest BCUT2D eigenvalue weighted by Crippen LogP contribution is -2.33. The Morgan fingerprint density at radius 2 is 1.58 bits per heavy atom. The zero-order valence-corrected chi connectivity index (χ0v) is 25.5. The van der Waals surface area contributed by atoms with Gasteiger partial charge in [0.25, 0.3) is 5.91 Å². The van der Waals surface area contributed by atoms with E-state index in [0.29, 0.717) is 39.6 Å². The van der Waals surface area contributed by atoms with Crippen LogP contribution >= 0.6 is 0 Å². The molecule has 0 fully saturated rings. The number of para-hydroxylation sites is 1. The van der Waals surface area contributed by atoms with E-state index in [4.69, 9.17) is 4.74 Å². The predicted octanol–water partition coefficient (Wildman–Crippen LogP) is 5.54. The number of carboxylic acid groups (broad SMARTS) is 1. The fourth-order valence-corrected chi connectivity index (χ4v) is 4.70. The van der Waals surface area contributed by atoms with Crippen molar-refractivity contribution in [3.05, 3.63) is 114 Å². The van der Waals surface area contributed by atoms with Crippen LogP contribution in [0.2, 0.25) is 0 Å². The minimum Gasteiger partial charge on any atom is -0.495 e. The number of nitrogens with one attached hydrogen (secondary N) is 2. The summed E-state index contributed by atoms with van der Waals surface area (Å²) in [6.07, 6.45) is 1.18. The Kier molecular flexibility index (Phi) is 10.5. The molecule has 0 saturated carbocycles. The van der Waals surface area contributed by atoms with E-state index in [2.05, 4.69) is 15.6 Å². The molecule has 11 nitrogen and oxygen atoms in total. The number of methoxy groups -OCH3 is 1. The lowest BCUT2D eigenvalue weighted by Gasteiger charge is -2.27. The second kappa shape index (κ2) is 14.6. The van der Waals surface area contributed by atoms with Crippen molar-refractivity contribution in [2.24, 2.45) is 0 Å². The Balaban J connectivity index is 1.42. The van der Waals surface area contributed by atoms with Crippen molar-refractivity contribution < 1.29 is 29.0 Å². The van der Waals surface area contributed by atoms with Crippen molar-refractivity contribution in [3.63, 3.8) is 0 Å². The molecule has 3 aromatic carbocycles. The number of carbonyl (C=O) groups is 4. The molecule has 1 heterocycles. The van der Waals surface area contributed by atoms with E-state index < -0.39 is 18.0 Å². The number of aliphatic carboxylic acids is 1. The maximum absolute atomic E-state index is 13.2. The molecule has 4 amide bonds. The third-order valence-electron chi connectivity index (χ3n) is 7.31. The number of hydrogen-bond donors (Lipinski definition) is 3. The van der Waals surface area contributed by atoms with Crippen molar-refractivity contribution in [1.82, 2.24) is 9.88 Å². The molecule has 4 rings (SSSR count). The van der Waals surface area contributed by atoms with E-state index in [-0.39, 0.29) is 24.7 Å². The summed E-state index contributed by atoms with van der Waals surface area (Å²) in [5, 5.41) is 15.1. The largest absolute Gasteiger partial charge is 0.495 e. The van der Waals surface area contributed by atoms with Crippen molar-refractivity contribution in [3.8, 4) is 5.75 Å². The molecule has 0 aliphatic rings. The lowest BCUT2D eigenvalue weighted by molar-refractivity contribution is -0.138. The van der Waals surface area contributed by atoms with E-state index in [1.165, 1.54) is 23.1 Å². The van der Waals surface area contributed by atoms with E-state index in [1.54, 1.807) is 80.8 Å². The molecule has 11 heteroatoms. The molecule has 0 spiro atoms. The number of rotatable bonds is 11. The number of hydrogen-bond acceptors (Lipinski definition) is 6. The number of ether oxygens (including phenoxy) is 1. The van der Waals surface area contributed by atoms with Crippen molar-refractivity contribution in [2.45, 2.75) is 25.8 Å². The maximum Gasteiger partial charge on any atom is 0.323 e. The average Bonchev–Trinajstić information content (AvgIpc) is 3.04. The summed E-state index contributed by atoms with van der Waals surface area (Å²) in [5.74, 6) is -1.24. The molecular formula is C34H35N5O6. The first kappa shape index (κ1) is 32.2. The number of likely N-dealkylation sites (N-methyl/N-ethyl adjacent to an activating group) is 1. The normalized spacial score (nSPS) is 11.2. The van der Waals surface area contributed by atoms with Gasteiger partial charge in [0.2, 0.25) is 5.91 Å². The Bertz CT molecular complexity index is 1680. The highest BCUT2D eigenvalue weighted by Crippen LogP contribution is 2.28. The van der Waals surface area contributed by atoms with E-state index >= 15 is 0 Å². The number of anilines is 3.